The normalized spacial score (nSPS) is 13.9. The highest BCUT2D eigenvalue weighted by Gasteiger charge is 2.41. The summed E-state index contributed by atoms with van der Waals surface area (Å²) in [5.74, 6) is 0. The average Bonchev–Trinajstić information content (AvgIpc) is 3.14. The summed E-state index contributed by atoms with van der Waals surface area (Å²) in [6.07, 6.45) is 0. The maximum atomic E-state index is 2.53. The van der Waals surface area contributed by atoms with E-state index < -0.39 is 0 Å². The van der Waals surface area contributed by atoms with Crippen LogP contribution in [0.4, 0.5) is 17.1 Å². The van der Waals surface area contributed by atoms with Crippen LogP contribution in [0.15, 0.2) is 140 Å². The highest BCUT2D eigenvalue weighted by molar-refractivity contribution is 6.06. The maximum Gasteiger partial charge on any atom is 0.0581 e. The van der Waals surface area contributed by atoms with Crippen LogP contribution in [0.1, 0.15) is 25.0 Å². The van der Waals surface area contributed by atoms with Gasteiger partial charge in [-0.1, -0.05) is 123 Å². The maximum absolute atomic E-state index is 2.53. The van der Waals surface area contributed by atoms with E-state index in [-0.39, 0.29) is 5.41 Å². The second-order valence-corrected chi connectivity index (χ2v) is 11.4. The molecule has 6 aromatic rings. The molecule has 0 fully saturated rings. The molecule has 1 nitrogen and oxygen atoms in total. The molecule has 0 unspecified atom stereocenters. The lowest BCUT2D eigenvalue weighted by atomic mass is 9.71. The van der Waals surface area contributed by atoms with Gasteiger partial charge >= 0.3 is 0 Å². The fourth-order valence-corrected chi connectivity index (χ4v) is 6.76. The third-order valence-corrected chi connectivity index (χ3v) is 8.78. The number of hydrogen-bond donors (Lipinski definition) is 0. The largest absolute Gasteiger partial charge is 0.309 e. The van der Waals surface area contributed by atoms with Crippen molar-refractivity contribution >= 4 is 17.1 Å². The number of rotatable bonds is 2. The van der Waals surface area contributed by atoms with E-state index in [1.807, 2.05) is 0 Å². The Hall–Kier alpha value is -4.88. The summed E-state index contributed by atoms with van der Waals surface area (Å²) in [6.45, 7) is 4.79. The first kappa shape index (κ1) is 23.0. The first-order valence-electron chi connectivity index (χ1n) is 14.0. The molecule has 0 atom stereocenters. The SMILES string of the molecule is CC1(C)c2cc(-c3ccccc3)ccc2N2c3ccccc3-c3ccccc3-c3cc(-c4ccccc4)cc1c32. The second kappa shape index (κ2) is 8.56. The monoisotopic (exact) mass is 511 g/mol. The molecule has 2 aliphatic rings. The van der Waals surface area contributed by atoms with Gasteiger partial charge in [0.05, 0.1) is 17.1 Å². The van der Waals surface area contributed by atoms with E-state index in [4.69, 9.17) is 0 Å². The predicted octanol–water partition coefficient (Wildman–Crippen LogP) is 10.8. The summed E-state index contributed by atoms with van der Waals surface area (Å²) in [5.41, 5.74) is 16.4. The molecule has 0 saturated carbocycles. The van der Waals surface area contributed by atoms with Crippen molar-refractivity contribution in [2.45, 2.75) is 19.3 Å². The molecule has 0 aromatic heterocycles. The fourth-order valence-electron chi connectivity index (χ4n) is 6.76. The molecule has 0 spiro atoms. The van der Waals surface area contributed by atoms with Crippen molar-refractivity contribution in [2.75, 3.05) is 4.90 Å². The van der Waals surface area contributed by atoms with Gasteiger partial charge in [-0.05, 0) is 74.8 Å². The highest BCUT2D eigenvalue weighted by Crippen LogP contribution is 2.60. The highest BCUT2D eigenvalue weighted by atomic mass is 15.2. The van der Waals surface area contributed by atoms with Gasteiger partial charge in [0, 0.05) is 16.5 Å². The van der Waals surface area contributed by atoms with Crippen LogP contribution in [0.2, 0.25) is 0 Å². The minimum atomic E-state index is -0.209. The molecule has 0 radical (unpaired) electrons. The first-order chi connectivity index (χ1) is 19.6. The van der Waals surface area contributed by atoms with Crippen LogP contribution in [-0.4, -0.2) is 0 Å². The quantitative estimate of drug-likeness (QED) is 0.223. The van der Waals surface area contributed by atoms with Crippen molar-refractivity contribution in [1.82, 2.24) is 0 Å². The zero-order valence-electron chi connectivity index (χ0n) is 22.7. The van der Waals surface area contributed by atoms with Gasteiger partial charge in [-0.3, -0.25) is 0 Å². The summed E-state index contributed by atoms with van der Waals surface area (Å²) < 4.78 is 0. The number of hydrogen-bond acceptors (Lipinski definition) is 1. The molecular formula is C39H29N. The van der Waals surface area contributed by atoms with Gasteiger partial charge in [-0.2, -0.15) is 0 Å². The Kier molecular flexibility index (Phi) is 4.93. The van der Waals surface area contributed by atoms with Crippen molar-refractivity contribution in [3.63, 3.8) is 0 Å². The standard InChI is InChI=1S/C39H29N/c1-39(2)34-24-28(26-13-5-3-6-14-26)21-22-37(34)40-36-20-12-11-19-32(36)30-17-9-10-18-31(30)33-23-29(25-35(39)38(33)40)27-15-7-4-8-16-27/h3-25H,1-2H3. The summed E-state index contributed by atoms with van der Waals surface area (Å²) in [6, 6.07) is 51.2. The van der Waals surface area contributed by atoms with Crippen LogP contribution in [0.3, 0.4) is 0 Å². The van der Waals surface area contributed by atoms with Crippen molar-refractivity contribution < 1.29 is 0 Å². The smallest absolute Gasteiger partial charge is 0.0581 e. The molecule has 0 saturated heterocycles. The van der Waals surface area contributed by atoms with E-state index in [0.717, 1.165) is 0 Å². The van der Waals surface area contributed by atoms with Gasteiger partial charge in [0.1, 0.15) is 0 Å². The lowest BCUT2D eigenvalue weighted by Gasteiger charge is -2.43. The van der Waals surface area contributed by atoms with E-state index in [1.165, 1.54) is 72.7 Å². The van der Waals surface area contributed by atoms with Crippen molar-refractivity contribution in [3.8, 4) is 44.5 Å². The summed E-state index contributed by atoms with van der Waals surface area (Å²) in [5, 5.41) is 0. The Labute approximate surface area is 236 Å². The van der Waals surface area contributed by atoms with Crippen LogP contribution in [0, 0.1) is 0 Å². The van der Waals surface area contributed by atoms with Crippen LogP contribution in [0.25, 0.3) is 44.5 Å². The molecule has 40 heavy (non-hydrogen) atoms. The minimum Gasteiger partial charge on any atom is -0.309 e. The van der Waals surface area contributed by atoms with Crippen molar-refractivity contribution in [2.24, 2.45) is 0 Å². The topological polar surface area (TPSA) is 3.24 Å². The Bertz CT molecular complexity index is 1910. The molecule has 190 valence electrons. The van der Waals surface area contributed by atoms with E-state index in [2.05, 4.69) is 158 Å². The van der Waals surface area contributed by atoms with E-state index in [9.17, 15) is 0 Å². The molecule has 0 bridgehead atoms. The zero-order chi connectivity index (χ0) is 26.8. The Morgan fingerprint density at radius 2 is 0.950 bits per heavy atom. The Morgan fingerprint density at radius 1 is 0.400 bits per heavy atom. The number of benzene rings is 6. The number of fused-ring (bicyclic) bond motifs is 7. The molecular weight excluding hydrogens is 482 g/mol. The third kappa shape index (κ3) is 3.28. The summed E-state index contributed by atoms with van der Waals surface area (Å²) >= 11 is 0. The number of nitrogens with zero attached hydrogens (tertiary/aromatic N) is 1. The van der Waals surface area contributed by atoms with Gasteiger partial charge < -0.3 is 4.90 Å². The zero-order valence-corrected chi connectivity index (χ0v) is 22.7. The molecule has 6 aromatic carbocycles. The van der Waals surface area contributed by atoms with Gasteiger partial charge in [-0.15, -0.1) is 0 Å². The van der Waals surface area contributed by atoms with Gasteiger partial charge in [0.15, 0.2) is 0 Å². The second-order valence-electron chi connectivity index (χ2n) is 11.4. The lowest BCUT2D eigenvalue weighted by molar-refractivity contribution is 0.633. The molecule has 2 heterocycles. The Morgan fingerprint density at radius 3 is 1.65 bits per heavy atom. The predicted molar refractivity (Wildman–Crippen MR) is 169 cm³/mol. The Balaban J connectivity index is 1.50. The number of para-hydroxylation sites is 1. The minimum absolute atomic E-state index is 0.209. The molecule has 0 N–H and O–H groups in total. The van der Waals surface area contributed by atoms with Gasteiger partial charge in [0.2, 0.25) is 0 Å². The van der Waals surface area contributed by atoms with Crippen LogP contribution >= 0.6 is 0 Å². The average molecular weight is 512 g/mol. The first-order valence-corrected chi connectivity index (χ1v) is 14.0. The van der Waals surface area contributed by atoms with E-state index in [0.29, 0.717) is 0 Å². The van der Waals surface area contributed by atoms with Crippen LogP contribution < -0.4 is 4.90 Å². The fraction of sp³-hybridized carbons (Fsp3) is 0.0769. The van der Waals surface area contributed by atoms with E-state index in [1.54, 1.807) is 0 Å². The lowest BCUT2D eigenvalue weighted by Crippen LogP contribution is -2.31. The van der Waals surface area contributed by atoms with Crippen LogP contribution in [-0.2, 0) is 5.41 Å². The summed E-state index contributed by atoms with van der Waals surface area (Å²) in [7, 11) is 0. The van der Waals surface area contributed by atoms with E-state index >= 15 is 0 Å². The summed E-state index contributed by atoms with van der Waals surface area (Å²) in [4.78, 5) is 2.53. The number of anilines is 3. The molecule has 0 aliphatic carbocycles. The molecule has 0 amide bonds. The van der Waals surface area contributed by atoms with Gasteiger partial charge in [0.25, 0.3) is 0 Å². The molecule has 1 heteroatoms. The molecule has 8 rings (SSSR count). The van der Waals surface area contributed by atoms with Gasteiger partial charge in [-0.25, -0.2) is 0 Å². The van der Waals surface area contributed by atoms with Crippen molar-refractivity contribution in [3.05, 3.63) is 151 Å². The third-order valence-electron chi connectivity index (χ3n) is 8.78. The van der Waals surface area contributed by atoms with Crippen LogP contribution in [0.5, 0.6) is 0 Å². The van der Waals surface area contributed by atoms with Crippen molar-refractivity contribution in [1.29, 1.82) is 0 Å². The molecule has 2 aliphatic heterocycles.